The molecule has 2 aromatic carbocycles. The minimum Gasteiger partial charge on any atom is -0.460 e. The smallest absolute Gasteiger partial charge is 0.325 e. The van der Waals surface area contributed by atoms with Crippen molar-refractivity contribution in [3.8, 4) is 0 Å². The fourth-order valence-electron chi connectivity index (χ4n) is 1.78. The van der Waals surface area contributed by atoms with Crippen LogP contribution in [0.3, 0.4) is 0 Å². The van der Waals surface area contributed by atoms with E-state index in [9.17, 15) is 4.79 Å². The molecule has 4 nitrogen and oxygen atoms in total. The molecule has 0 unspecified atom stereocenters. The predicted molar refractivity (Wildman–Crippen MR) is 87.6 cm³/mol. The Balaban J connectivity index is 0.00000242. The molecule has 118 valence electrons. The third-order valence-corrected chi connectivity index (χ3v) is 2.94. The largest absolute Gasteiger partial charge is 0.460 e. The van der Waals surface area contributed by atoms with E-state index in [0.717, 1.165) is 11.1 Å². The summed E-state index contributed by atoms with van der Waals surface area (Å²) in [6.07, 6.45) is 0. The second-order valence-electron chi connectivity index (χ2n) is 4.70. The van der Waals surface area contributed by atoms with Crippen LogP contribution in [-0.4, -0.2) is 18.6 Å². The molecule has 2 aromatic rings. The summed E-state index contributed by atoms with van der Waals surface area (Å²) in [4.78, 5) is 11.7. The van der Waals surface area contributed by atoms with Gasteiger partial charge in [0.1, 0.15) is 12.6 Å². The van der Waals surface area contributed by atoms with E-state index >= 15 is 0 Å². The standard InChI is InChI=1S/C17H19NO3.ClH/c18-16(13-20-11-14-7-3-1-4-8-14)17(19)21-12-15-9-5-2-6-10-15;/h1-10,16H,11-13,18H2;1H/t16-;/m1./s1. The Kier molecular flexibility index (Phi) is 8.22. The zero-order valence-electron chi connectivity index (χ0n) is 12.2. The molecular formula is C17H20ClNO3. The number of carbonyl (C=O) groups is 1. The van der Waals surface area contributed by atoms with Gasteiger partial charge in [-0.1, -0.05) is 60.7 Å². The minimum atomic E-state index is -0.766. The molecular weight excluding hydrogens is 302 g/mol. The number of hydrogen-bond acceptors (Lipinski definition) is 4. The maximum atomic E-state index is 11.7. The lowest BCUT2D eigenvalue weighted by molar-refractivity contribution is -0.148. The van der Waals surface area contributed by atoms with E-state index in [1.165, 1.54) is 0 Å². The summed E-state index contributed by atoms with van der Waals surface area (Å²) in [5, 5.41) is 0. The maximum absolute atomic E-state index is 11.7. The van der Waals surface area contributed by atoms with Crippen LogP contribution < -0.4 is 5.73 Å². The second-order valence-corrected chi connectivity index (χ2v) is 4.70. The molecule has 22 heavy (non-hydrogen) atoms. The zero-order valence-corrected chi connectivity index (χ0v) is 13.0. The molecule has 2 N–H and O–H groups in total. The molecule has 0 fully saturated rings. The molecule has 0 bridgehead atoms. The number of halogens is 1. The number of esters is 1. The Morgan fingerprint density at radius 1 is 0.909 bits per heavy atom. The van der Waals surface area contributed by atoms with Gasteiger partial charge in [-0.3, -0.25) is 4.79 Å². The van der Waals surface area contributed by atoms with Crippen LogP contribution in [0.4, 0.5) is 0 Å². The summed E-state index contributed by atoms with van der Waals surface area (Å²) in [7, 11) is 0. The van der Waals surface area contributed by atoms with E-state index in [1.54, 1.807) is 0 Å². The number of nitrogens with two attached hydrogens (primary N) is 1. The van der Waals surface area contributed by atoms with Crippen LogP contribution in [0.25, 0.3) is 0 Å². The molecule has 0 aliphatic heterocycles. The third-order valence-electron chi connectivity index (χ3n) is 2.94. The first kappa shape index (κ1) is 18.2. The summed E-state index contributed by atoms with van der Waals surface area (Å²) < 4.78 is 10.6. The first-order valence-electron chi connectivity index (χ1n) is 6.83. The van der Waals surface area contributed by atoms with Crippen molar-refractivity contribution in [2.24, 2.45) is 5.73 Å². The molecule has 0 spiro atoms. The summed E-state index contributed by atoms with van der Waals surface area (Å²) in [5.74, 6) is -0.452. The van der Waals surface area contributed by atoms with Gasteiger partial charge in [-0.2, -0.15) is 0 Å². The summed E-state index contributed by atoms with van der Waals surface area (Å²) in [6.45, 7) is 0.801. The van der Waals surface area contributed by atoms with Gasteiger partial charge in [0.25, 0.3) is 0 Å². The van der Waals surface area contributed by atoms with Gasteiger partial charge in [-0.25, -0.2) is 0 Å². The van der Waals surface area contributed by atoms with Crippen LogP contribution in [0.1, 0.15) is 11.1 Å². The molecule has 0 saturated heterocycles. The van der Waals surface area contributed by atoms with Crippen LogP contribution in [0.2, 0.25) is 0 Å². The van der Waals surface area contributed by atoms with E-state index in [0.29, 0.717) is 6.61 Å². The number of hydrogen-bond donors (Lipinski definition) is 1. The van der Waals surface area contributed by atoms with Crippen LogP contribution in [0.5, 0.6) is 0 Å². The molecule has 2 rings (SSSR count). The van der Waals surface area contributed by atoms with Crippen LogP contribution in [0, 0.1) is 0 Å². The van der Waals surface area contributed by atoms with Gasteiger partial charge in [-0.15, -0.1) is 12.4 Å². The van der Waals surface area contributed by atoms with Crippen molar-refractivity contribution < 1.29 is 14.3 Å². The van der Waals surface area contributed by atoms with E-state index < -0.39 is 12.0 Å². The summed E-state index contributed by atoms with van der Waals surface area (Å²) in [5.41, 5.74) is 7.72. The zero-order chi connectivity index (χ0) is 14.9. The van der Waals surface area contributed by atoms with Gasteiger partial charge in [-0.05, 0) is 11.1 Å². The molecule has 0 aliphatic carbocycles. The summed E-state index contributed by atoms with van der Waals surface area (Å²) in [6, 6.07) is 18.5. The second kappa shape index (κ2) is 9.95. The molecule has 0 radical (unpaired) electrons. The quantitative estimate of drug-likeness (QED) is 0.796. The third kappa shape index (κ3) is 6.26. The Morgan fingerprint density at radius 3 is 1.95 bits per heavy atom. The van der Waals surface area contributed by atoms with E-state index in [2.05, 4.69) is 0 Å². The Hall–Kier alpha value is -1.88. The first-order valence-corrected chi connectivity index (χ1v) is 6.83. The van der Waals surface area contributed by atoms with Crippen LogP contribution >= 0.6 is 12.4 Å². The van der Waals surface area contributed by atoms with Crippen molar-refractivity contribution in [1.82, 2.24) is 0 Å². The highest BCUT2D eigenvalue weighted by molar-refractivity contribution is 5.85. The van der Waals surface area contributed by atoms with Gasteiger partial charge in [0.2, 0.25) is 0 Å². The highest BCUT2D eigenvalue weighted by atomic mass is 35.5. The first-order chi connectivity index (χ1) is 10.3. The predicted octanol–water partition coefficient (Wildman–Crippen LogP) is 2.70. The topological polar surface area (TPSA) is 61.5 Å². The van der Waals surface area contributed by atoms with Crippen LogP contribution in [0.15, 0.2) is 60.7 Å². The normalized spacial score (nSPS) is 11.3. The molecule has 0 amide bonds. The number of carbonyl (C=O) groups excluding carboxylic acids is 1. The molecule has 1 atom stereocenters. The Labute approximate surface area is 136 Å². The number of benzene rings is 2. The van der Waals surface area contributed by atoms with Gasteiger partial charge < -0.3 is 15.2 Å². The average molecular weight is 322 g/mol. The Morgan fingerprint density at radius 2 is 1.41 bits per heavy atom. The molecule has 0 saturated carbocycles. The fourth-order valence-corrected chi connectivity index (χ4v) is 1.78. The van der Waals surface area contributed by atoms with Crippen molar-refractivity contribution in [2.75, 3.05) is 6.61 Å². The monoisotopic (exact) mass is 321 g/mol. The fraction of sp³-hybridized carbons (Fsp3) is 0.235. The molecule has 0 aromatic heterocycles. The SMILES string of the molecule is Cl.N[C@H](COCc1ccccc1)C(=O)OCc1ccccc1. The van der Waals surface area contributed by atoms with Crippen molar-refractivity contribution in [1.29, 1.82) is 0 Å². The number of rotatable bonds is 7. The van der Waals surface area contributed by atoms with E-state index in [-0.39, 0.29) is 25.6 Å². The van der Waals surface area contributed by atoms with Crippen molar-refractivity contribution in [3.05, 3.63) is 71.8 Å². The number of ether oxygens (including phenoxy) is 2. The lowest BCUT2D eigenvalue weighted by Gasteiger charge is -2.12. The minimum absolute atomic E-state index is 0. The van der Waals surface area contributed by atoms with E-state index in [4.69, 9.17) is 15.2 Å². The molecule has 0 aliphatic rings. The lowest BCUT2D eigenvalue weighted by atomic mass is 10.2. The lowest BCUT2D eigenvalue weighted by Crippen LogP contribution is -2.36. The highest BCUT2D eigenvalue weighted by Gasteiger charge is 2.15. The van der Waals surface area contributed by atoms with Crippen molar-refractivity contribution >= 4 is 18.4 Å². The van der Waals surface area contributed by atoms with Gasteiger partial charge in [0, 0.05) is 0 Å². The molecule has 0 heterocycles. The van der Waals surface area contributed by atoms with Gasteiger partial charge in [0.05, 0.1) is 13.2 Å². The van der Waals surface area contributed by atoms with E-state index in [1.807, 2.05) is 60.7 Å². The molecule has 5 heteroatoms. The Bertz CT molecular complexity index is 548. The van der Waals surface area contributed by atoms with Gasteiger partial charge in [0.15, 0.2) is 0 Å². The van der Waals surface area contributed by atoms with Crippen molar-refractivity contribution in [2.45, 2.75) is 19.3 Å². The maximum Gasteiger partial charge on any atom is 0.325 e. The van der Waals surface area contributed by atoms with Crippen LogP contribution in [-0.2, 0) is 27.5 Å². The van der Waals surface area contributed by atoms with Gasteiger partial charge >= 0.3 is 5.97 Å². The highest BCUT2D eigenvalue weighted by Crippen LogP contribution is 2.03. The summed E-state index contributed by atoms with van der Waals surface area (Å²) >= 11 is 0. The average Bonchev–Trinajstić information content (AvgIpc) is 2.54. The van der Waals surface area contributed by atoms with Crippen molar-refractivity contribution in [3.63, 3.8) is 0 Å².